The van der Waals surface area contributed by atoms with Crippen molar-refractivity contribution in [3.63, 3.8) is 0 Å². The quantitative estimate of drug-likeness (QED) is 0.222. The van der Waals surface area contributed by atoms with Crippen molar-refractivity contribution in [1.82, 2.24) is 21.3 Å². The van der Waals surface area contributed by atoms with E-state index in [-0.39, 0.29) is 75.4 Å². The number of hydrogen-bond donors (Lipinski definition) is 4. The molecule has 0 rings (SSSR count). The van der Waals surface area contributed by atoms with E-state index in [1.165, 1.54) is 19.3 Å². The first-order valence-electron chi connectivity index (χ1n) is 8.08. The van der Waals surface area contributed by atoms with Gasteiger partial charge >= 0.3 is 0 Å². The van der Waals surface area contributed by atoms with E-state index in [2.05, 4.69) is 49.0 Å². The zero-order chi connectivity index (χ0) is 14.3. The van der Waals surface area contributed by atoms with Gasteiger partial charge in [-0.25, -0.2) is 0 Å². The van der Waals surface area contributed by atoms with Gasteiger partial charge in [-0.2, -0.15) is 0 Å². The summed E-state index contributed by atoms with van der Waals surface area (Å²) in [5.74, 6) is 0. The highest BCUT2D eigenvalue weighted by molar-refractivity contribution is 8.93. The van der Waals surface area contributed by atoms with Crippen LogP contribution in [0.2, 0.25) is 0 Å². The first-order chi connectivity index (χ1) is 9.20. The van der Waals surface area contributed by atoms with E-state index in [1.54, 1.807) is 0 Å². The smallest absolute Gasteiger partial charge is 0.00506 e. The van der Waals surface area contributed by atoms with Crippen LogP contribution >= 0.6 is 67.9 Å². The molecule has 24 heavy (non-hydrogen) atoms. The zero-order valence-electron chi connectivity index (χ0n) is 15.2. The molecule has 0 aromatic rings. The largest absolute Gasteiger partial charge is 0.317 e. The van der Waals surface area contributed by atoms with Gasteiger partial charge in [0.1, 0.15) is 0 Å². The molecular formula is C16H44Br4N4. The number of halogens is 4. The van der Waals surface area contributed by atoms with Gasteiger partial charge in [-0.05, 0) is 72.4 Å². The van der Waals surface area contributed by atoms with E-state index in [4.69, 9.17) is 0 Å². The van der Waals surface area contributed by atoms with Crippen molar-refractivity contribution >= 4 is 67.9 Å². The molecule has 0 bridgehead atoms. The summed E-state index contributed by atoms with van der Waals surface area (Å²) in [4.78, 5) is 0. The predicted molar refractivity (Wildman–Crippen MR) is 134 cm³/mol. The van der Waals surface area contributed by atoms with Gasteiger partial charge in [-0.15, -0.1) is 67.9 Å². The van der Waals surface area contributed by atoms with Crippen LogP contribution in [0.3, 0.4) is 0 Å². The Bertz CT molecular complexity index is 173. The van der Waals surface area contributed by atoms with Crippen molar-refractivity contribution in [3.05, 3.63) is 0 Å². The summed E-state index contributed by atoms with van der Waals surface area (Å²) < 4.78 is 0. The Morgan fingerprint density at radius 1 is 0.625 bits per heavy atom. The van der Waals surface area contributed by atoms with Crippen molar-refractivity contribution in [1.29, 1.82) is 0 Å². The molecule has 0 spiro atoms. The monoisotopic (exact) mass is 608 g/mol. The van der Waals surface area contributed by atoms with Gasteiger partial charge < -0.3 is 21.3 Å². The van der Waals surface area contributed by atoms with Crippen LogP contribution in [0.25, 0.3) is 0 Å². The number of rotatable bonds is 14. The molecule has 156 valence electrons. The van der Waals surface area contributed by atoms with E-state index in [0.29, 0.717) is 12.1 Å². The lowest BCUT2D eigenvalue weighted by Crippen LogP contribution is -2.32. The SMILES string of the molecule is Br.Br.Br.Br.C.CCNC(C)CCNCCCNCCC(C)NCC. The minimum atomic E-state index is 0. The Morgan fingerprint density at radius 2 is 0.958 bits per heavy atom. The van der Waals surface area contributed by atoms with E-state index in [1.807, 2.05) is 0 Å². The molecular weight excluding hydrogens is 568 g/mol. The fourth-order valence-corrected chi connectivity index (χ4v) is 2.13. The van der Waals surface area contributed by atoms with Crippen LogP contribution in [0.5, 0.6) is 0 Å². The molecule has 2 atom stereocenters. The van der Waals surface area contributed by atoms with Crippen LogP contribution < -0.4 is 21.3 Å². The summed E-state index contributed by atoms with van der Waals surface area (Å²) in [6, 6.07) is 1.26. The van der Waals surface area contributed by atoms with E-state index < -0.39 is 0 Å². The maximum atomic E-state index is 3.50. The third-order valence-electron chi connectivity index (χ3n) is 3.32. The fourth-order valence-electron chi connectivity index (χ4n) is 2.13. The van der Waals surface area contributed by atoms with Crippen molar-refractivity contribution in [2.24, 2.45) is 0 Å². The molecule has 0 aliphatic heterocycles. The van der Waals surface area contributed by atoms with Gasteiger partial charge in [0.25, 0.3) is 0 Å². The maximum Gasteiger partial charge on any atom is 0.00506 e. The van der Waals surface area contributed by atoms with E-state index in [9.17, 15) is 0 Å². The molecule has 0 aromatic carbocycles. The minimum Gasteiger partial charge on any atom is -0.317 e. The lowest BCUT2D eigenvalue weighted by atomic mass is 10.2. The van der Waals surface area contributed by atoms with Gasteiger partial charge in [0, 0.05) is 12.1 Å². The molecule has 8 heteroatoms. The minimum absolute atomic E-state index is 0. The molecule has 4 N–H and O–H groups in total. The van der Waals surface area contributed by atoms with E-state index >= 15 is 0 Å². The van der Waals surface area contributed by atoms with Gasteiger partial charge in [0.2, 0.25) is 0 Å². The van der Waals surface area contributed by atoms with Gasteiger partial charge in [0.15, 0.2) is 0 Å². The van der Waals surface area contributed by atoms with Crippen molar-refractivity contribution in [2.75, 3.05) is 39.3 Å². The first-order valence-corrected chi connectivity index (χ1v) is 8.08. The fraction of sp³-hybridized carbons (Fsp3) is 1.00. The van der Waals surface area contributed by atoms with Crippen LogP contribution in [0, 0.1) is 0 Å². The van der Waals surface area contributed by atoms with Gasteiger partial charge in [-0.3, -0.25) is 0 Å². The predicted octanol–water partition coefficient (Wildman–Crippen LogP) is 4.28. The maximum absolute atomic E-state index is 3.50. The molecule has 4 nitrogen and oxygen atoms in total. The summed E-state index contributed by atoms with van der Waals surface area (Å²) in [6.07, 6.45) is 3.63. The van der Waals surface area contributed by atoms with Crippen molar-refractivity contribution < 1.29 is 0 Å². The molecule has 0 saturated heterocycles. The summed E-state index contributed by atoms with van der Waals surface area (Å²) in [7, 11) is 0. The molecule has 0 saturated carbocycles. The first kappa shape index (κ1) is 40.4. The van der Waals surface area contributed by atoms with E-state index in [0.717, 1.165) is 39.3 Å². The Kier molecular flexibility index (Phi) is 54.7. The van der Waals surface area contributed by atoms with Crippen LogP contribution in [0.15, 0.2) is 0 Å². The van der Waals surface area contributed by atoms with Crippen LogP contribution in [0.1, 0.15) is 54.4 Å². The molecule has 2 unspecified atom stereocenters. The molecule has 0 amide bonds. The van der Waals surface area contributed by atoms with Crippen LogP contribution in [0.4, 0.5) is 0 Å². The van der Waals surface area contributed by atoms with Gasteiger partial charge in [-0.1, -0.05) is 21.3 Å². The number of hydrogen-bond acceptors (Lipinski definition) is 4. The lowest BCUT2D eigenvalue weighted by Gasteiger charge is -2.13. The molecule has 0 radical (unpaired) electrons. The van der Waals surface area contributed by atoms with Crippen molar-refractivity contribution in [3.8, 4) is 0 Å². The third-order valence-corrected chi connectivity index (χ3v) is 3.32. The summed E-state index contributed by atoms with van der Waals surface area (Å²) in [5, 5.41) is 13.9. The van der Waals surface area contributed by atoms with Gasteiger partial charge in [0.05, 0.1) is 0 Å². The average Bonchev–Trinajstić information content (AvgIpc) is 2.37. The highest BCUT2D eigenvalue weighted by Crippen LogP contribution is 1.89. The summed E-state index contributed by atoms with van der Waals surface area (Å²) >= 11 is 0. The summed E-state index contributed by atoms with van der Waals surface area (Å²) in [6.45, 7) is 15.4. The Hall–Kier alpha value is 1.76. The Morgan fingerprint density at radius 3 is 1.25 bits per heavy atom. The standard InChI is InChI=1S/C15H36N4.CH4.4BrH/c1-5-18-14(3)8-12-16-10-7-11-17-13-9-15(4)19-6-2;;;;;/h14-19H,5-13H2,1-4H3;1H4;4*1H. The molecule has 0 aliphatic rings. The molecule has 0 fully saturated rings. The Labute approximate surface area is 193 Å². The lowest BCUT2D eigenvalue weighted by molar-refractivity contribution is 0.486. The highest BCUT2D eigenvalue weighted by Gasteiger charge is 1.99. The number of nitrogens with one attached hydrogen (secondary N) is 4. The van der Waals surface area contributed by atoms with Crippen LogP contribution in [-0.2, 0) is 0 Å². The Balaban J connectivity index is -0.000000162. The normalized spacial score (nSPS) is 11.5. The van der Waals surface area contributed by atoms with Crippen molar-refractivity contribution in [2.45, 2.75) is 66.5 Å². The second kappa shape index (κ2) is 32.4. The molecule has 0 aliphatic carbocycles. The summed E-state index contributed by atoms with van der Waals surface area (Å²) in [5.41, 5.74) is 0. The third kappa shape index (κ3) is 31.5. The second-order valence-corrected chi connectivity index (χ2v) is 5.35. The molecule has 0 aromatic heterocycles. The molecule has 0 heterocycles. The second-order valence-electron chi connectivity index (χ2n) is 5.35. The zero-order valence-corrected chi connectivity index (χ0v) is 22.0. The highest BCUT2D eigenvalue weighted by atomic mass is 79.9. The average molecular weight is 612 g/mol. The van der Waals surface area contributed by atoms with Crippen LogP contribution in [-0.4, -0.2) is 51.4 Å². The topological polar surface area (TPSA) is 48.1 Å².